The summed E-state index contributed by atoms with van der Waals surface area (Å²) in [7, 11) is 0. The van der Waals surface area contributed by atoms with E-state index in [-0.39, 0.29) is 12.5 Å². The van der Waals surface area contributed by atoms with E-state index in [0.29, 0.717) is 5.56 Å². The van der Waals surface area contributed by atoms with Crippen LogP contribution in [0.25, 0.3) is 0 Å². The molecule has 0 aromatic carbocycles. The normalized spacial score (nSPS) is 13.8. The molecule has 1 aromatic heterocycles. The van der Waals surface area contributed by atoms with Crippen molar-refractivity contribution in [1.29, 1.82) is 0 Å². The molecule has 0 saturated heterocycles. The van der Waals surface area contributed by atoms with Crippen LogP contribution in [-0.2, 0) is 0 Å². The smallest absolute Gasteiger partial charge is 0.253 e. The minimum Gasteiger partial charge on any atom is -0.370 e. The van der Waals surface area contributed by atoms with E-state index in [9.17, 15) is 4.79 Å². The van der Waals surface area contributed by atoms with Crippen LogP contribution >= 0.6 is 0 Å². The maximum Gasteiger partial charge on any atom is 0.253 e. The van der Waals surface area contributed by atoms with Crippen LogP contribution in [0, 0.1) is 18.3 Å². The fourth-order valence-corrected chi connectivity index (χ4v) is 1.44. The summed E-state index contributed by atoms with van der Waals surface area (Å²) in [6, 6.07) is 3.56. The first-order valence-electron chi connectivity index (χ1n) is 5.71. The Labute approximate surface area is 101 Å². The standard InChI is InChI=1S/C13H15N3O/c1-2-7-14-13(17)11-5-6-12(16-9-11)15-8-10-3-4-10/h1,5-6,9-10H,3-4,7-8H2,(H,14,17)(H,15,16). The highest BCUT2D eigenvalue weighted by molar-refractivity contribution is 5.94. The molecule has 0 spiro atoms. The first-order valence-corrected chi connectivity index (χ1v) is 5.71. The number of nitrogens with zero attached hydrogens (tertiary/aromatic N) is 1. The topological polar surface area (TPSA) is 54.0 Å². The molecule has 2 N–H and O–H groups in total. The molecule has 1 fully saturated rings. The highest BCUT2D eigenvalue weighted by atomic mass is 16.1. The molecule has 1 heterocycles. The van der Waals surface area contributed by atoms with Gasteiger partial charge in [-0.15, -0.1) is 6.42 Å². The van der Waals surface area contributed by atoms with Crippen molar-refractivity contribution < 1.29 is 4.79 Å². The van der Waals surface area contributed by atoms with Crippen LogP contribution in [0.4, 0.5) is 5.82 Å². The van der Waals surface area contributed by atoms with E-state index in [4.69, 9.17) is 6.42 Å². The molecule has 0 bridgehead atoms. The lowest BCUT2D eigenvalue weighted by Crippen LogP contribution is -2.23. The summed E-state index contributed by atoms with van der Waals surface area (Å²) in [5, 5.41) is 5.83. The summed E-state index contributed by atoms with van der Waals surface area (Å²) in [4.78, 5) is 15.7. The van der Waals surface area contributed by atoms with Gasteiger partial charge in [0.15, 0.2) is 0 Å². The summed E-state index contributed by atoms with van der Waals surface area (Å²) < 4.78 is 0. The Balaban J connectivity index is 1.87. The van der Waals surface area contributed by atoms with Gasteiger partial charge in [-0.1, -0.05) is 5.92 Å². The number of anilines is 1. The molecule has 0 unspecified atom stereocenters. The molecule has 17 heavy (non-hydrogen) atoms. The van der Waals surface area contributed by atoms with Crippen molar-refractivity contribution >= 4 is 11.7 Å². The highest BCUT2D eigenvalue weighted by Crippen LogP contribution is 2.28. The second-order valence-electron chi connectivity index (χ2n) is 4.14. The predicted octanol–water partition coefficient (Wildman–Crippen LogP) is 1.27. The minimum atomic E-state index is -0.191. The zero-order valence-electron chi connectivity index (χ0n) is 9.57. The summed E-state index contributed by atoms with van der Waals surface area (Å²) in [6.45, 7) is 1.20. The molecule has 4 nitrogen and oxygen atoms in total. The van der Waals surface area contributed by atoms with Gasteiger partial charge in [0, 0.05) is 12.7 Å². The quantitative estimate of drug-likeness (QED) is 0.747. The number of carbonyl (C=O) groups is 1. The lowest BCUT2D eigenvalue weighted by molar-refractivity contribution is 0.0958. The Hall–Kier alpha value is -2.02. The predicted molar refractivity (Wildman–Crippen MR) is 66.6 cm³/mol. The largest absolute Gasteiger partial charge is 0.370 e. The molecule has 1 aliphatic carbocycles. The van der Waals surface area contributed by atoms with E-state index in [0.717, 1.165) is 18.3 Å². The third-order valence-corrected chi connectivity index (χ3v) is 2.65. The Bertz CT molecular complexity index is 429. The number of amides is 1. The monoisotopic (exact) mass is 229 g/mol. The van der Waals surface area contributed by atoms with Gasteiger partial charge in [-0.25, -0.2) is 4.98 Å². The second kappa shape index (κ2) is 5.35. The molecule has 1 aliphatic rings. The van der Waals surface area contributed by atoms with E-state index in [1.54, 1.807) is 12.3 Å². The zero-order chi connectivity index (χ0) is 12.1. The van der Waals surface area contributed by atoms with Crippen molar-refractivity contribution in [2.45, 2.75) is 12.8 Å². The van der Waals surface area contributed by atoms with Crippen LogP contribution in [0.5, 0.6) is 0 Å². The van der Waals surface area contributed by atoms with E-state index >= 15 is 0 Å². The average Bonchev–Trinajstić information content (AvgIpc) is 3.18. The number of pyridine rings is 1. The molecule has 1 amide bonds. The van der Waals surface area contributed by atoms with Crippen LogP contribution in [0.2, 0.25) is 0 Å². The number of hydrogen-bond acceptors (Lipinski definition) is 3. The summed E-state index contributed by atoms with van der Waals surface area (Å²) in [6.07, 6.45) is 9.23. The molecule has 4 heteroatoms. The fourth-order valence-electron chi connectivity index (χ4n) is 1.44. The second-order valence-corrected chi connectivity index (χ2v) is 4.14. The summed E-state index contributed by atoms with van der Waals surface area (Å²) in [5.41, 5.74) is 0.525. The first-order chi connectivity index (χ1) is 8.29. The van der Waals surface area contributed by atoms with Crippen molar-refractivity contribution in [1.82, 2.24) is 10.3 Å². The van der Waals surface area contributed by atoms with Crippen LogP contribution < -0.4 is 10.6 Å². The van der Waals surface area contributed by atoms with Gasteiger partial charge < -0.3 is 10.6 Å². The molecule has 0 aliphatic heterocycles. The minimum absolute atomic E-state index is 0.191. The number of terminal acetylenes is 1. The lowest BCUT2D eigenvalue weighted by atomic mass is 10.2. The summed E-state index contributed by atoms with van der Waals surface area (Å²) in [5.74, 6) is 3.78. The lowest BCUT2D eigenvalue weighted by Gasteiger charge is -2.05. The van der Waals surface area contributed by atoms with E-state index in [2.05, 4.69) is 21.5 Å². The Morgan fingerprint density at radius 3 is 2.94 bits per heavy atom. The molecule has 1 aromatic rings. The molecule has 0 radical (unpaired) electrons. The van der Waals surface area contributed by atoms with Crippen molar-refractivity contribution in [2.75, 3.05) is 18.4 Å². The first kappa shape index (κ1) is 11.5. The molecule has 88 valence electrons. The zero-order valence-corrected chi connectivity index (χ0v) is 9.57. The van der Waals surface area contributed by atoms with Crippen molar-refractivity contribution in [3.63, 3.8) is 0 Å². The maximum atomic E-state index is 11.5. The van der Waals surface area contributed by atoms with E-state index in [1.807, 2.05) is 6.07 Å². The Morgan fingerprint density at radius 2 is 2.35 bits per heavy atom. The molecule has 1 saturated carbocycles. The maximum absolute atomic E-state index is 11.5. The van der Waals surface area contributed by atoms with Gasteiger partial charge in [-0.3, -0.25) is 4.79 Å². The Kier molecular flexibility index (Phi) is 3.61. The summed E-state index contributed by atoms with van der Waals surface area (Å²) >= 11 is 0. The molecular weight excluding hydrogens is 214 g/mol. The number of aromatic nitrogens is 1. The van der Waals surface area contributed by atoms with E-state index in [1.165, 1.54) is 12.8 Å². The van der Waals surface area contributed by atoms with Crippen molar-refractivity contribution in [3.05, 3.63) is 23.9 Å². The van der Waals surface area contributed by atoms with Crippen LogP contribution in [0.1, 0.15) is 23.2 Å². The van der Waals surface area contributed by atoms with Gasteiger partial charge in [-0.05, 0) is 30.9 Å². The van der Waals surface area contributed by atoms with Crippen LogP contribution in [-0.4, -0.2) is 24.0 Å². The van der Waals surface area contributed by atoms with Gasteiger partial charge in [0.25, 0.3) is 5.91 Å². The fraction of sp³-hybridized carbons (Fsp3) is 0.385. The van der Waals surface area contributed by atoms with Gasteiger partial charge in [0.1, 0.15) is 5.82 Å². The van der Waals surface area contributed by atoms with Crippen LogP contribution in [0.3, 0.4) is 0 Å². The highest BCUT2D eigenvalue weighted by Gasteiger charge is 2.20. The van der Waals surface area contributed by atoms with Gasteiger partial charge in [0.05, 0.1) is 12.1 Å². The van der Waals surface area contributed by atoms with Gasteiger partial charge in [0.2, 0.25) is 0 Å². The molecular formula is C13H15N3O. The Morgan fingerprint density at radius 1 is 1.53 bits per heavy atom. The van der Waals surface area contributed by atoms with Crippen molar-refractivity contribution in [3.8, 4) is 12.3 Å². The average molecular weight is 229 g/mol. The SMILES string of the molecule is C#CCNC(=O)c1ccc(NCC2CC2)nc1. The third-order valence-electron chi connectivity index (χ3n) is 2.65. The van der Waals surface area contributed by atoms with Crippen LogP contribution in [0.15, 0.2) is 18.3 Å². The van der Waals surface area contributed by atoms with Gasteiger partial charge >= 0.3 is 0 Å². The van der Waals surface area contributed by atoms with Crippen molar-refractivity contribution in [2.24, 2.45) is 5.92 Å². The molecule has 0 atom stereocenters. The number of nitrogens with one attached hydrogen (secondary N) is 2. The van der Waals surface area contributed by atoms with E-state index < -0.39 is 0 Å². The number of rotatable bonds is 5. The number of hydrogen-bond donors (Lipinski definition) is 2. The number of carbonyl (C=O) groups excluding carboxylic acids is 1. The third kappa shape index (κ3) is 3.49. The van der Waals surface area contributed by atoms with Gasteiger partial charge in [-0.2, -0.15) is 0 Å². The molecule has 2 rings (SSSR count).